The van der Waals surface area contributed by atoms with Crippen molar-refractivity contribution >= 4 is 11.6 Å². The number of rotatable bonds is 6. The number of nitrogens with two attached hydrogens (primary N) is 1. The predicted octanol–water partition coefficient (Wildman–Crippen LogP) is 3.45. The second kappa shape index (κ2) is 7.12. The summed E-state index contributed by atoms with van der Waals surface area (Å²) in [5.74, 6) is -0.573. The molecule has 19 heavy (non-hydrogen) atoms. The van der Waals surface area contributed by atoms with Gasteiger partial charge in [0.2, 0.25) is 0 Å². The zero-order valence-corrected chi connectivity index (χ0v) is 11.9. The number of amides is 1. The molecule has 1 aromatic carbocycles. The van der Waals surface area contributed by atoms with Crippen LogP contribution in [0.1, 0.15) is 50.4 Å². The molecule has 0 saturated heterocycles. The van der Waals surface area contributed by atoms with Crippen molar-refractivity contribution in [2.24, 2.45) is 0 Å². The smallest absolute Gasteiger partial charge is 0.254 e. The first kappa shape index (κ1) is 15.5. The number of carbonyl (C=O) groups is 1. The second-order valence-corrected chi connectivity index (χ2v) is 5.04. The van der Waals surface area contributed by atoms with E-state index in [0.717, 1.165) is 25.8 Å². The van der Waals surface area contributed by atoms with E-state index in [1.807, 2.05) is 18.7 Å². The molecule has 0 unspecified atom stereocenters. The zero-order valence-electron chi connectivity index (χ0n) is 11.9. The van der Waals surface area contributed by atoms with Gasteiger partial charge >= 0.3 is 0 Å². The fourth-order valence-electron chi connectivity index (χ4n) is 1.97. The van der Waals surface area contributed by atoms with Gasteiger partial charge in [-0.1, -0.05) is 19.8 Å². The van der Waals surface area contributed by atoms with Gasteiger partial charge in [0.15, 0.2) is 0 Å². The molecule has 1 aromatic rings. The Balaban J connectivity index is 2.83. The molecule has 106 valence electrons. The summed E-state index contributed by atoms with van der Waals surface area (Å²) in [5.41, 5.74) is 5.98. The molecule has 4 heteroatoms. The number of nitrogen functional groups attached to an aromatic ring is 1. The Morgan fingerprint density at radius 1 is 1.37 bits per heavy atom. The summed E-state index contributed by atoms with van der Waals surface area (Å²) in [4.78, 5) is 14.2. The van der Waals surface area contributed by atoms with Crippen molar-refractivity contribution < 1.29 is 9.18 Å². The van der Waals surface area contributed by atoms with Crippen LogP contribution in [0.5, 0.6) is 0 Å². The van der Waals surface area contributed by atoms with Gasteiger partial charge in [-0.15, -0.1) is 0 Å². The van der Waals surface area contributed by atoms with Crippen LogP contribution in [0.2, 0.25) is 0 Å². The van der Waals surface area contributed by atoms with E-state index in [-0.39, 0.29) is 17.6 Å². The molecule has 0 atom stereocenters. The molecule has 0 aliphatic carbocycles. The van der Waals surface area contributed by atoms with Crippen molar-refractivity contribution in [1.82, 2.24) is 4.90 Å². The number of nitrogens with zero attached hydrogens (tertiary/aromatic N) is 1. The topological polar surface area (TPSA) is 46.3 Å². The van der Waals surface area contributed by atoms with E-state index in [9.17, 15) is 9.18 Å². The van der Waals surface area contributed by atoms with Gasteiger partial charge < -0.3 is 10.6 Å². The normalized spacial score (nSPS) is 10.8. The largest absolute Gasteiger partial charge is 0.396 e. The maximum atomic E-state index is 13.1. The van der Waals surface area contributed by atoms with E-state index in [4.69, 9.17) is 5.73 Å². The predicted molar refractivity (Wildman–Crippen MR) is 76.5 cm³/mol. The molecule has 1 amide bonds. The van der Waals surface area contributed by atoms with E-state index in [1.165, 1.54) is 18.2 Å². The molecule has 3 nitrogen and oxygen atoms in total. The number of halogens is 1. The molecule has 0 aromatic heterocycles. The first-order valence-electron chi connectivity index (χ1n) is 6.83. The molecular weight excluding hydrogens is 243 g/mol. The highest BCUT2D eigenvalue weighted by atomic mass is 19.1. The highest BCUT2D eigenvalue weighted by Gasteiger charge is 2.18. The van der Waals surface area contributed by atoms with Crippen molar-refractivity contribution in [2.75, 3.05) is 12.3 Å². The molecule has 0 spiro atoms. The first-order valence-corrected chi connectivity index (χ1v) is 6.83. The van der Waals surface area contributed by atoms with Crippen LogP contribution in [0.25, 0.3) is 0 Å². The quantitative estimate of drug-likeness (QED) is 0.633. The summed E-state index contributed by atoms with van der Waals surface area (Å²) in [6.07, 6.45) is 3.20. The van der Waals surface area contributed by atoms with E-state index >= 15 is 0 Å². The highest BCUT2D eigenvalue weighted by molar-refractivity contribution is 5.95. The van der Waals surface area contributed by atoms with E-state index in [2.05, 4.69) is 6.92 Å². The number of unbranched alkanes of at least 4 members (excludes halogenated alkanes) is 2. The Morgan fingerprint density at radius 2 is 2.05 bits per heavy atom. The zero-order chi connectivity index (χ0) is 14.4. The van der Waals surface area contributed by atoms with Gasteiger partial charge in [-0.3, -0.25) is 4.79 Å². The average molecular weight is 266 g/mol. The van der Waals surface area contributed by atoms with Gasteiger partial charge in [-0.05, 0) is 38.5 Å². The van der Waals surface area contributed by atoms with Crippen LogP contribution in [-0.2, 0) is 0 Å². The molecule has 2 N–H and O–H groups in total. The van der Waals surface area contributed by atoms with E-state index < -0.39 is 5.82 Å². The minimum atomic E-state index is -0.487. The minimum Gasteiger partial charge on any atom is -0.396 e. The number of hydrogen-bond donors (Lipinski definition) is 1. The Bertz CT molecular complexity index is 432. The molecular formula is C15H23FN2O. The lowest BCUT2D eigenvalue weighted by Gasteiger charge is -2.27. The lowest BCUT2D eigenvalue weighted by molar-refractivity contribution is 0.0702. The van der Waals surface area contributed by atoms with E-state index in [1.54, 1.807) is 0 Å². The van der Waals surface area contributed by atoms with Crippen LogP contribution in [0.4, 0.5) is 10.1 Å². The number of hydrogen-bond acceptors (Lipinski definition) is 2. The van der Waals surface area contributed by atoms with Crippen molar-refractivity contribution in [2.45, 2.75) is 46.1 Å². The third kappa shape index (κ3) is 4.23. The molecule has 0 bridgehead atoms. The fourth-order valence-corrected chi connectivity index (χ4v) is 1.97. The minimum absolute atomic E-state index is 0.0168. The number of carbonyl (C=O) groups excluding carboxylic acids is 1. The molecule has 0 fully saturated rings. The molecule has 0 heterocycles. The van der Waals surface area contributed by atoms with Crippen molar-refractivity contribution in [1.29, 1.82) is 0 Å². The van der Waals surface area contributed by atoms with Crippen LogP contribution in [-0.4, -0.2) is 23.4 Å². The van der Waals surface area contributed by atoms with Gasteiger partial charge in [0, 0.05) is 18.2 Å². The SMILES string of the molecule is CCCCCN(C(=O)c1ccc(F)c(N)c1)C(C)C. The summed E-state index contributed by atoms with van der Waals surface area (Å²) < 4.78 is 13.1. The monoisotopic (exact) mass is 266 g/mol. The summed E-state index contributed by atoms with van der Waals surface area (Å²) in [5, 5.41) is 0. The van der Waals surface area contributed by atoms with Crippen molar-refractivity contribution in [3.05, 3.63) is 29.6 Å². The Labute approximate surface area is 114 Å². The summed E-state index contributed by atoms with van der Waals surface area (Å²) in [6, 6.07) is 4.26. The summed E-state index contributed by atoms with van der Waals surface area (Å²) >= 11 is 0. The van der Waals surface area contributed by atoms with Gasteiger partial charge in [0.1, 0.15) is 5.82 Å². The third-order valence-electron chi connectivity index (χ3n) is 3.13. The van der Waals surface area contributed by atoms with Crippen LogP contribution in [0, 0.1) is 5.82 Å². The standard InChI is InChI=1S/C15H23FN2O/c1-4-5-6-9-18(11(2)3)15(19)12-7-8-13(16)14(17)10-12/h7-8,10-11H,4-6,9,17H2,1-3H3. The molecule has 0 saturated carbocycles. The number of benzene rings is 1. The Morgan fingerprint density at radius 3 is 2.58 bits per heavy atom. The lowest BCUT2D eigenvalue weighted by Crippen LogP contribution is -2.37. The van der Waals surface area contributed by atoms with Gasteiger partial charge in [0.25, 0.3) is 5.91 Å². The van der Waals surface area contributed by atoms with Gasteiger partial charge in [-0.25, -0.2) is 4.39 Å². The Kier molecular flexibility index (Phi) is 5.80. The molecule has 0 aliphatic heterocycles. The van der Waals surface area contributed by atoms with Crippen LogP contribution >= 0.6 is 0 Å². The molecule has 0 radical (unpaired) electrons. The van der Waals surface area contributed by atoms with E-state index in [0.29, 0.717) is 5.56 Å². The second-order valence-electron chi connectivity index (χ2n) is 5.04. The molecule has 1 rings (SSSR count). The van der Waals surface area contributed by atoms with Crippen LogP contribution in [0.3, 0.4) is 0 Å². The summed E-state index contributed by atoms with van der Waals surface area (Å²) in [6.45, 7) is 6.82. The van der Waals surface area contributed by atoms with Gasteiger partial charge in [0.05, 0.1) is 5.69 Å². The average Bonchev–Trinajstić information content (AvgIpc) is 2.37. The number of anilines is 1. The van der Waals surface area contributed by atoms with Gasteiger partial charge in [-0.2, -0.15) is 0 Å². The van der Waals surface area contributed by atoms with Crippen LogP contribution < -0.4 is 5.73 Å². The maximum absolute atomic E-state index is 13.1. The first-order chi connectivity index (χ1) is 8.97. The third-order valence-corrected chi connectivity index (χ3v) is 3.13. The van der Waals surface area contributed by atoms with Crippen LogP contribution in [0.15, 0.2) is 18.2 Å². The fraction of sp³-hybridized carbons (Fsp3) is 0.533. The lowest BCUT2D eigenvalue weighted by atomic mass is 10.1. The summed E-state index contributed by atoms with van der Waals surface area (Å²) in [7, 11) is 0. The highest BCUT2D eigenvalue weighted by Crippen LogP contribution is 2.16. The molecule has 0 aliphatic rings. The maximum Gasteiger partial charge on any atom is 0.254 e. The van der Waals surface area contributed by atoms with Crippen molar-refractivity contribution in [3.8, 4) is 0 Å². The van der Waals surface area contributed by atoms with Crippen molar-refractivity contribution in [3.63, 3.8) is 0 Å². The Hall–Kier alpha value is -1.58.